The van der Waals surface area contributed by atoms with Crippen molar-refractivity contribution in [1.82, 2.24) is 14.5 Å². The van der Waals surface area contributed by atoms with Gasteiger partial charge in [-0.1, -0.05) is 43.3 Å². The minimum atomic E-state index is -0.169. The number of fused-ring (bicyclic) bond motifs is 1. The van der Waals surface area contributed by atoms with E-state index in [-0.39, 0.29) is 17.2 Å². The molecule has 0 bridgehead atoms. The third-order valence-corrected chi connectivity index (χ3v) is 5.94. The molecule has 0 N–H and O–H groups in total. The molecule has 2 heterocycles. The van der Waals surface area contributed by atoms with E-state index < -0.39 is 0 Å². The van der Waals surface area contributed by atoms with Crippen LogP contribution in [0.25, 0.3) is 10.9 Å². The Kier molecular flexibility index (Phi) is 6.27. The third-order valence-electron chi connectivity index (χ3n) is 4.74. The highest BCUT2D eigenvalue weighted by Crippen LogP contribution is 2.24. The van der Waals surface area contributed by atoms with Crippen molar-refractivity contribution in [2.45, 2.75) is 32.0 Å². The Hall–Kier alpha value is -1.79. The number of hydrogen-bond acceptors (Lipinski definition) is 4. The lowest BCUT2D eigenvalue weighted by molar-refractivity contribution is -0.130. The summed E-state index contributed by atoms with van der Waals surface area (Å²) in [4.78, 5) is 32.0. The summed E-state index contributed by atoms with van der Waals surface area (Å²) < 4.78 is 1.55. The Morgan fingerprint density at radius 3 is 2.74 bits per heavy atom. The van der Waals surface area contributed by atoms with E-state index in [1.54, 1.807) is 28.8 Å². The molecule has 0 aliphatic carbocycles. The van der Waals surface area contributed by atoms with E-state index in [0.717, 1.165) is 19.5 Å². The van der Waals surface area contributed by atoms with E-state index in [4.69, 9.17) is 11.6 Å². The fourth-order valence-corrected chi connectivity index (χ4v) is 4.74. The molecule has 0 saturated carbocycles. The summed E-state index contributed by atoms with van der Waals surface area (Å²) >= 11 is 7.32. The van der Waals surface area contributed by atoms with Crippen molar-refractivity contribution < 1.29 is 4.79 Å². The van der Waals surface area contributed by atoms with E-state index in [1.807, 2.05) is 4.90 Å². The molecule has 1 aliphatic rings. The summed E-state index contributed by atoms with van der Waals surface area (Å²) in [6, 6.07) is 5.07. The minimum absolute atomic E-state index is 0.0917. The lowest BCUT2D eigenvalue weighted by Crippen LogP contribution is -2.43. The zero-order chi connectivity index (χ0) is 19.6. The van der Waals surface area contributed by atoms with Gasteiger partial charge in [0.25, 0.3) is 5.56 Å². The van der Waals surface area contributed by atoms with E-state index in [0.29, 0.717) is 39.5 Å². The number of likely N-dealkylation sites (tertiary alicyclic amines) is 1. The van der Waals surface area contributed by atoms with Crippen LogP contribution in [0, 0.1) is 11.8 Å². The molecule has 7 heteroatoms. The number of nitrogens with zero attached hydrogens (tertiary/aromatic N) is 3. The Morgan fingerprint density at radius 1 is 1.37 bits per heavy atom. The fourth-order valence-electron chi connectivity index (χ4n) is 3.66. The van der Waals surface area contributed by atoms with Gasteiger partial charge in [-0.3, -0.25) is 14.2 Å². The summed E-state index contributed by atoms with van der Waals surface area (Å²) in [5, 5.41) is 1.50. The number of piperidine rings is 1. The first kappa shape index (κ1) is 20.0. The van der Waals surface area contributed by atoms with Crippen LogP contribution in [0.15, 0.2) is 40.8 Å². The van der Waals surface area contributed by atoms with Crippen LogP contribution in [-0.2, 0) is 11.3 Å². The van der Waals surface area contributed by atoms with E-state index in [1.165, 1.54) is 11.8 Å². The van der Waals surface area contributed by atoms with Crippen molar-refractivity contribution in [3.8, 4) is 0 Å². The molecule has 0 radical (unpaired) electrons. The van der Waals surface area contributed by atoms with Crippen LogP contribution in [0.3, 0.4) is 0 Å². The Morgan fingerprint density at radius 2 is 2.07 bits per heavy atom. The van der Waals surface area contributed by atoms with Gasteiger partial charge in [0.05, 0.1) is 16.7 Å². The highest BCUT2D eigenvalue weighted by molar-refractivity contribution is 7.99. The molecule has 144 valence electrons. The van der Waals surface area contributed by atoms with Crippen molar-refractivity contribution in [2.24, 2.45) is 11.8 Å². The second kappa shape index (κ2) is 8.48. The standard InChI is InChI=1S/C20H24ClN3O2S/c1-4-7-24-19(26)16-9-15(21)5-6-17(16)22-20(24)27-12-18(25)23-10-13(2)8-14(3)11-23/h4-6,9,13-14H,1,7-8,10-12H2,2-3H3. The van der Waals surface area contributed by atoms with Crippen LogP contribution in [0.5, 0.6) is 0 Å². The molecule has 2 aromatic rings. The second-order valence-electron chi connectivity index (χ2n) is 7.29. The van der Waals surface area contributed by atoms with Gasteiger partial charge in [0.2, 0.25) is 5.91 Å². The lowest BCUT2D eigenvalue weighted by atomic mass is 9.92. The van der Waals surface area contributed by atoms with Gasteiger partial charge in [0.1, 0.15) is 0 Å². The number of carbonyl (C=O) groups is 1. The zero-order valence-corrected chi connectivity index (χ0v) is 17.2. The number of allylic oxidation sites excluding steroid dienone is 1. The maximum atomic E-state index is 12.8. The average Bonchev–Trinajstić information content (AvgIpc) is 2.62. The fraction of sp³-hybridized carbons (Fsp3) is 0.450. The number of hydrogen-bond donors (Lipinski definition) is 0. The molecule has 3 rings (SSSR count). The zero-order valence-electron chi connectivity index (χ0n) is 15.7. The molecule has 0 spiro atoms. The van der Waals surface area contributed by atoms with E-state index >= 15 is 0 Å². The predicted molar refractivity (Wildman–Crippen MR) is 111 cm³/mol. The molecular formula is C20H24ClN3O2S. The number of rotatable bonds is 5. The van der Waals surface area contributed by atoms with Crippen LogP contribution in [-0.4, -0.2) is 39.2 Å². The molecule has 1 saturated heterocycles. The molecule has 1 aromatic heterocycles. The topological polar surface area (TPSA) is 55.2 Å². The molecule has 1 fully saturated rings. The van der Waals surface area contributed by atoms with Gasteiger partial charge in [-0.25, -0.2) is 4.98 Å². The number of aromatic nitrogens is 2. The van der Waals surface area contributed by atoms with Crippen molar-refractivity contribution in [3.63, 3.8) is 0 Å². The monoisotopic (exact) mass is 405 g/mol. The highest BCUT2D eigenvalue weighted by Gasteiger charge is 2.25. The summed E-state index contributed by atoms with van der Waals surface area (Å²) in [5.74, 6) is 1.40. The van der Waals surface area contributed by atoms with Gasteiger partial charge in [-0.15, -0.1) is 6.58 Å². The predicted octanol–water partition coefficient (Wildman–Crippen LogP) is 3.83. The van der Waals surface area contributed by atoms with Gasteiger partial charge >= 0.3 is 0 Å². The Labute approximate surface area is 168 Å². The number of benzene rings is 1. The minimum Gasteiger partial charge on any atom is -0.341 e. The first-order valence-electron chi connectivity index (χ1n) is 9.10. The molecule has 2 atom stereocenters. The largest absolute Gasteiger partial charge is 0.341 e. The molecule has 5 nitrogen and oxygen atoms in total. The number of thioether (sulfide) groups is 1. The number of halogens is 1. The van der Waals surface area contributed by atoms with Gasteiger partial charge in [-0.2, -0.15) is 0 Å². The summed E-state index contributed by atoms with van der Waals surface area (Å²) in [6.45, 7) is 10.0. The van der Waals surface area contributed by atoms with Crippen LogP contribution in [0.4, 0.5) is 0 Å². The lowest BCUT2D eigenvalue weighted by Gasteiger charge is -2.35. The van der Waals surface area contributed by atoms with Crippen LogP contribution in [0.2, 0.25) is 5.02 Å². The Balaban J connectivity index is 1.84. The average molecular weight is 406 g/mol. The summed E-state index contributed by atoms with van der Waals surface area (Å²) in [7, 11) is 0. The SMILES string of the molecule is C=CCn1c(SCC(=O)N2CC(C)CC(C)C2)nc2ccc(Cl)cc2c1=O. The second-order valence-corrected chi connectivity index (χ2v) is 8.67. The first-order valence-corrected chi connectivity index (χ1v) is 10.5. The van der Waals surface area contributed by atoms with E-state index in [9.17, 15) is 9.59 Å². The van der Waals surface area contributed by atoms with Crippen LogP contribution < -0.4 is 5.56 Å². The summed E-state index contributed by atoms with van der Waals surface area (Å²) in [6.07, 6.45) is 2.81. The van der Waals surface area contributed by atoms with Crippen molar-refractivity contribution in [1.29, 1.82) is 0 Å². The maximum absolute atomic E-state index is 12.8. The van der Waals surface area contributed by atoms with Crippen molar-refractivity contribution in [2.75, 3.05) is 18.8 Å². The molecule has 27 heavy (non-hydrogen) atoms. The first-order chi connectivity index (χ1) is 12.9. The van der Waals surface area contributed by atoms with Crippen LogP contribution in [0.1, 0.15) is 20.3 Å². The Bertz CT molecular complexity index is 917. The van der Waals surface area contributed by atoms with Crippen molar-refractivity contribution in [3.05, 3.63) is 46.2 Å². The van der Waals surface area contributed by atoms with Gasteiger partial charge in [0, 0.05) is 24.7 Å². The van der Waals surface area contributed by atoms with Crippen molar-refractivity contribution >= 4 is 40.2 Å². The van der Waals surface area contributed by atoms with Gasteiger partial charge in [0.15, 0.2) is 5.16 Å². The third kappa shape index (κ3) is 4.55. The smallest absolute Gasteiger partial charge is 0.262 e. The molecule has 1 aromatic carbocycles. The molecule has 1 aliphatic heterocycles. The van der Waals surface area contributed by atoms with Gasteiger partial charge in [-0.05, 0) is 36.5 Å². The van der Waals surface area contributed by atoms with E-state index in [2.05, 4.69) is 25.4 Å². The highest BCUT2D eigenvalue weighted by atomic mass is 35.5. The molecule has 1 amide bonds. The molecular weight excluding hydrogens is 382 g/mol. The summed E-state index contributed by atoms with van der Waals surface area (Å²) in [5.41, 5.74) is 0.414. The molecule has 2 unspecified atom stereocenters. The van der Waals surface area contributed by atoms with Crippen LogP contribution >= 0.6 is 23.4 Å². The normalized spacial score (nSPS) is 20.0. The number of amides is 1. The van der Waals surface area contributed by atoms with Gasteiger partial charge < -0.3 is 4.90 Å². The quantitative estimate of drug-likeness (QED) is 0.431. The maximum Gasteiger partial charge on any atom is 0.262 e. The number of carbonyl (C=O) groups excluding carboxylic acids is 1.